The van der Waals surface area contributed by atoms with Crippen molar-refractivity contribution in [1.29, 1.82) is 0 Å². The molecule has 2 rings (SSSR count). The molecule has 0 radical (unpaired) electrons. The zero-order valence-electron chi connectivity index (χ0n) is 11.6. The maximum atomic E-state index is 9.60. The lowest BCUT2D eigenvalue weighted by Crippen LogP contribution is -2.48. The van der Waals surface area contributed by atoms with Crippen LogP contribution in [0, 0.1) is 5.92 Å². The van der Waals surface area contributed by atoms with Crippen LogP contribution in [0.1, 0.15) is 44.9 Å². The maximum absolute atomic E-state index is 9.60. The number of nitrogens with zero attached hydrogens (tertiary/aromatic N) is 1. The Morgan fingerprint density at radius 2 is 1.72 bits per heavy atom. The fourth-order valence-electron chi connectivity index (χ4n) is 3.21. The van der Waals surface area contributed by atoms with Crippen LogP contribution in [0.25, 0.3) is 0 Å². The Kier molecular flexibility index (Phi) is 7.82. The number of hydrogen-bond acceptors (Lipinski definition) is 4. The van der Waals surface area contributed by atoms with Crippen molar-refractivity contribution >= 4 is 0 Å². The predicted molar refractivity (Wildman–Crippen MR) is 72.4 cm³/mol. The Morgan fingerprint density at radius 3 is 2.33 bits per heavy atom. The molecule has 0 aromatic heterocycles. The first kappa shape index (κ1) is 15.9. The van der Waals surface area contributed by atoms with E-state index in [4.69, 9.17) is 5.11 Å². The summed E-state index contributed by atoms with van der Waals surface area (Å²) >= 11 is 0. The highest BCUT2D eigenvalue weighted by Crippen LogP contribution is 2.27. The quantitative estimate of drug-likeness (QED) is 0.707. The molecule has 1 aliphatic heterocycles. The van der Waals surface area contributed by atoms with Crippen LogP contribution in [0.2, 0.25) is 0 Å². The van der Waals surface area contributed by atoms with Crippen molar-refractivity contribution in [1.82, 2.24) is 4.90 Å². The second-order valence-electron chi connectivity index (χ2n) is 5.51. The monoisotopic (exact) mass is 259 g/mol. The van der Waals surface area contributed by atoms with Gasteiger partial charge in [-0.1, -0.05) is 19.3 Å². The van der Waals surface area contributed by atoms with Crippen LogP contribution in [0.5, 0.6) is 0 Å². The van der Waals surface area contributed by atoms with E-state index >= 15 is 0 Å². The molecule has 2 unspecified atom stereocenters. The minimum Gasteiger partial charge on any atom is -0.400 e. The zero-order valence-corrected chi connectivity index (χ0v) is 11.6. The Bertz CT molecular complexity index is 207. The molecular weight excluding hydrogens is 230 g/mol. The highest BCUT2D eigenvalue weighted by atomic mass is 16.3. The summed E-state index contributed by atoms with van der Waals surface area (Å²) < 4.78 is 0. The zero-order chi connectivity index (χ0) is 13.4. The van der Waals surface area contributed by atoms with Crippen molar-refractivity contribution in [2.45, 2.75) is 57.1 Å². The second kappa shape index (κ2) is 8.86. The molecule has 1 heterocycles. The molecule has 0 aromatic carbocycles. The van der Waals surface area contributed by atoms with Crippen molar-refractivity contribution < 1.29 is 15.3 Å². The van der Waals surface area contributed by atoms with Gasteiger partial charge < -0.3 is 15.3 Å². The normalized spacial score (nSPS) is 30.7. The number of aliphatic hydroxyl groups is 3. The molecule has 108 valence electrons. The molecule has 0 amide bonds. The van der Waals surface area contributed by atoms with Gasteiger partial charge in [0.05, 0.1) is 12.7 Å². The van der Waals surface area contributed by atoms with Crippen LogP contribution in [-0.4, -0.2) is 59.2 Å². The summed E-state index contributed by atoms with van der Waals surface area (Å²) in [4.78, 5) is 2.41. The minimum atomic E-state index is -0.195. The van der Waals surface area contributed by atoms with E-state index in [1.54, 1.807) is 0 Å². The average molecular weight is 259 g/mol. The third-order valence-electron chi connectivity index (χ3n) is 4.24. The third kappa shape index (κ3) is 4.84. The Balaban J connectivity index is 0.000000771. The molecule has 18 heavy (non-hydrogen) atoms. The van der Waals surface area contributed by atoms with E-state index in [-0.39, 0.29) is 18.8 Å². The van der Waals surface area contributed by atoms with E-state index in [0.717, 1.165) is 39.0 Å². The van der Waals surface area contributed by atoms with Crippen LogP contribution >= 0.6 is 0 Å². The van der Waals surface area contributed by atoms with E-state index < -0.39 is 0 Å². The first-order valence-corrected chi connectivity index (χ1v) is 7.27. The largest absolute Gasteiger partial charge is 0.400 e. The summed E-state index contributed by atoms with van der Waals surface area (Å²) in [6, 6.07) is 0.200. The molecular formula is C14H29NO3. The van der Waals surface area contributed by atoms with Gasteiger partial charge in [0.2, 0.25) is 0 Å². The summed E-state index contributed by atoms with van der Waals surface area (Å²) in [5, 5.41) is 26.0. The smallest absolute Gasteiger partial charge is 0.0587 e. The van der Waals surface area contributed by atoms with Crippen LogP contribution in [-0.2, 0) is 0 Å². The number of rotatable bonds is 3. The van der Waals surface area contributed by atoms with Crippen LogP contribution < -0.4 is 0 Å². The second-order valence-corrected chi connectivity index (χ2v) is 5.51. The SMILES string of the molecule is CO.OCC1CC(O)CCN1CC1CCCCC1. The van der Waals surface area contributed by atoms with Gasteiger partial charge in [-0.25, -0.2) is 0 Å². The molecule has 2 aliphatic rings. The van der Waals surface area contributed by atoms with E-state index in [1.165, 1.54) is 32.1 Å². The molecule has 1 saturated heterocycles. The van der Waals surface area contributed by atoms with Gasteiger partial charge in [-0.15, -0.1) is 0 Å². The van der Waals surface area contributed by atoms with E-state index in [2.05, 4.69) is 4.90 Å². The molecule has 0 aromatic rings. The van der Waals surface area contributed by atoms with Gasteiger partial charge in [-0.05, 0) is 31.6 Å². The highest BCUT2D eigenvalue weighted by Gasteiger charge is 2.28. The number of aliphatic hydroxyl groups excluding tert-OH is 3. The Hall–Kier alpha value is -0.160. The summed E-state index contributed by atoms with van der Waals surface area (Å²) in [5.74, 6) is 0.832. The molecule has 1 saturated carbocycles. The van der Waals surface area contributed by atoms with Crippen molar-refractivity contribution in [3.05, 3.63) is 0 Å². The van der Waals surface area contributed by atoms with Gasteiger partial charge in [0.15, 0.2) is 0 Å². The molecule has 2 atom stereocenters. The van der Waals surface area contributed by atoms with Crippen LogP contribution in [0.3, 0.4) is 0 Å². The first-order chi connectivity index (χ1) is 8.79. The molecule has 2 fully saturated rings. The van der Waals surface area contributed by atoms with Gasteiger partial charge in [-0.2, -0.15) is 0 Å². The number of piperidine rings is 1. The topological polar surface area (TPSA) is 63.9 Å². The van der Waals surface area contributed by atoms with Crippen LogP contribution in [0.15, 0.2) is 0 Å². The molecule has 0 bridgehead atoms. The van der Waals surface area contributed by atoms with Crippen molar-refractivity contribution in [2.75, 3.05) is 26.8 Å². The van der Waals surface area contributed by atoms with E-state index in [1.807, 2.05) is 0 Å². The fourth-order valence-corrected chi connectivity index (χ4v) is 3.21. The molecule has 4 nitrogen and oxygen atoms in total. The van der Waals surface area contributed by atoms with Gasteiger partial charge in [0.1, 0.15) is 0 Å². The summed E-state index contributed by atoms with van der Waals surface area (Å²) in [5.41, 5.74) is 0. The van der Waals surface area contributed by atoms with E-state index in [0.29, 0.717) is 0 Å². The van der Waals surface area contributed by atoms with Gasteiger partial charge in [-0.3, -0.25) is 4.90 Å². The van der Waals surface area contributed by atoms with Crippen molar-refractivity contribution in [3.8, 4) is 0 Å². The van der Waals surface area contributed by atoms with Gasteiger partial charge in [0.25, 0.3) is 0 Å². The third-order valence-corrected chi connectivity index (χ3v) is 4.24. The summed E-state index contributed by atoms with van der Waals surface area (Å²) in [6.07, 6.45) is 8.31. The lowest BCUT2D eigenvalue weighted by atomic mass is 9.87. The Labute approximate surface area is 111 Å². The number of hydrogen-bond donors (Lipinski definition) is 3. The predicted octanol–water partition coefficient (Wildman–Crippen LogP) is 0.993. The van der Waals surface area contributed by atoms with Crippen molar-refractivity contribution in [3.63, 3.8) is 0 Å². The maximum Gasteiger partial charge on any atom is 0.0587 e. The van der Waals surface area contributed by atoms with Crippen LogP contribution in [0.4, 0.5) is 0 Å². The van der Waals surface area contributed by atoms with Gasteiger partial charge in [0, 0.05) is 26.2 Å². The minimum absolute atomic E-state index is 0.195. The molecule has 3 N–H and O–H groups in total. The Morgan fingerprint density at radius 1 is 1.06 bits per heavy atom. The molecule has 0 spiro atoms. The van der Waals surface area contributed by atoms with Gasteiger partial charge >= 0.3 is 0 Å². The molecule has 1 aliphatic carbocycles. The van der Waals surface area contributed by atoms with Crippen molar-refractivity contribution in [2.24, 2.45) is 5.92 Å². The highest BCUT2D eigenvalue weighted by molar-refractivity contribution is 4.83. The lowest BCUT2D eigenvalue weighted by molar-refractivity contribution is 0.00682. The van der Waals surface area contributed by atoms with E-state index in [9.17, 15) is 10.2 Å². The fraction of sp³-hybridized carbons (Fsp3) is 1.00. The molecule has 4 heteroatoms. The first-order valence-electron chi connectivity index (χ1n) is 7.27. The standard InChI is InChI=1S/C13H25NO2.CH4O/c15-10-12-8-13(16)6-7-14(12)9-11-4-2-1-3-5-11;1-2/h11-13,15-16H,1-10H2;2H,1H3. The lowest BCUT2D eigenvalue weighted by Gasteiger charge is -2.39. The average Bonchev–Trinajstić information content (AvgIpc) is 2.44. The number of likely N-dealkylation sites (tertiary alicyclic amines) is 1. The summed E-state index contributed by atoms with van der Waals surface area (Å²) in [7, 11) is 1.00. The summed E-state index contributed by atoms with van der Waals surface area (Å²) in [6.45, 7) is 2.30.